The van der Waals surface area contributed by atoms with E-state index in [-0.39, 0.29) is 29.3 Å². The molecule has 4 aliphatic rings. The van der Waals surface area contributed by atoms with Gasteiger partial charge in [0.2, 0.25) is 0 Å². The van der Waals surface area contributed by atoms with Crippen molar-refractivity contribution >= 4 is 23.6 Å². The predicted octanol–water partition coefficient (Wildman–Crippen LogP) is 2.00. The van der Waals surface area contributed by atoms with Crippen LogP contribution >= 0.6 is 0 Å². The van der Waals surface area contributed by atoms with Gasteiger partial charge < -0.3 is 16.5 Å². The molecule has 0 saturated heterocycles. The Hall–Kier alpha value is -2.66. The molecule has 5 nitrogen and oxygen atoms in total. The molecular weight excluding hydrogens is 366 g/mol. The molecule has 4 aliphatic heterocycles. The Morgan fingerprint density at radius 3 is 2.23 bits per heavy atom. The molecule has 1 aromatic heterocycles. The molecule has 0 aliphatic carbocycles. The molecule has 1 unspecified atom stereocenters. The number of nitrogens with one attached hydrogen (secondary N) is 2. The van der Waals surface area contributed by atoms with E-state index in [2.05, 4.69) is 68.9 Å². The van der Waals surface area contributed by atoms with Crippen LogP contribution in [0.25, 0.3) is 12.2 Å². The largest absolute Gasteiger partial charge is 2.00 e. The summed E-state index contributed by atoms with van der Waals surface area (Å²) in [7, 11) is 0. The minimum atomic E-state index is 0. The van der Waals surface area contributed by atoms with Gasteiger partial charge in [-0.05, 0) is 67.2 Å². The number of fused-ring (bicyclic) bond motifs is 6. The van der Waals surface area contributed by atoms with E-state index in [1.54, 1.807) is 0 Å². The molecule has 130 valence electrons. The maximum atomic E-state index is 4.68. The molecule has 0 aromatic carbocycles. The SMILES string of the molecule is C1=CC2=NC1=CC1=CCC(C=C3C=CC(=N3)C=c3ccc([nH]3)=C2)N1.[Fe+2].[NH4+]. The van der Waals surface area contributed by atoms with Crippen LogP contribution in [0.5, 0.6) is 0 Å². The Morgan fingerprint density at radius 2 is 1.50 bits per heavy atom. The number of nitrogens with zero attached hydrogens (tertiary/aromatic N) is 2. The number of aromatic amines is 1. The Labute approximate surface area is 162 Å². The third kappa shape index (κ3) is 3.63. The topological polar surface area (TPSA) is 89.0 Å². The van der Waals surface area contributed by atoms with Gasteiger partial charge in [-0.25, -0.2) is 9.98 Å². The Kier molecular flexibility index (Phi) is 5.09. The summed E-state index contributed by atoms with van der Waals surface area (Å²) < 4.78 is 0. The van der Waals surface area contributed by atoms with Crippen LogP contribution in [0, 0.1) is 0 Å². The number of hydrogen-bond acceptors (Lipinski definition) is 3. The third-order valence-electron chi connectivity index (χ3n) is 4.32. The summed E-state index contributed by atoms with van der Waals surface area (Å²) in [5.41, 5.74) is 5.02. The Balaban J connectivity index is 0.000000980. The zero-order valence-corrected chi connectivity index (χ0v) is 15.5. The fourth-order valence-corrected chi connectivity index (χ4v) is 3.20. The molecule has 0 spiro atoms. The Bertz CT molecular complexity index is 1060. The zero-order chi connectivity index (χ0) is 15.9. The average Bonchev–Trinajstić information content (AvgIpc) is 3.32. The predicted molar refractivity (Wildman–Crippen MR) is 104 cm³/mol. The van der Waals surface area contributed by atoms with Crippen molar-refractivity contribution in [3.63, 3.8) is 0 Å². The second kappa shape index (κ2) is 7.30. The Morgan fingerprint density at radius 1 is 0.846 bits per heavy atom. The van der Waals surface area contributed by atoms with Crippen molar-refractivity contribution in [3.05, 3.63) is 82.5 Å². The summed E-state index contributed by atoms with van der Waals surface area (Å²) in [5.74, 6) is 0. The van der Waals surface area contributed by atoms with Gasteiger partial charge in [-0.3, -0.25) is 0 Å². The molecule has 6 N–H and O–H groups in total. The van der Waals surface area contributed by atoms with E-state index in [0.29, 0.717) is 0 Å². The molecule has 0 saturated carbocycles. The van der Waals surface area contributed by atoms with E-state index in [1.165, 1.54) is 0 Å². The first-order valence-corrected chi connectivity index (χ1v) is 8.12. The van der Waals surface area contributed by atoms with Crippen molar-refractivity contribution in [2.24, 2.45) is 9.98 Å². The summed E-state index contributed by atoms with van der Waals surface area (Å²) in [4.78, 5) is 12.7. The number of rotatable bonds is 0. The number of hydrogen-bond donors (Lipinski definition) is 3. The van der Waals surface area contributed by atoms with Crippen LogP contribution in [-0.2, 0) is 17.1 Å². The van der Waals surface area contributed by atoms with Gasteiger partial charge in [0.15, 0.2) is 0 Å². The van der Waals surface area contributed by atoms with Crippen molar-refractivity contribution in [2.75, 3.05) is 0 Å². The van der Waals surface area contributed by atoms with Gasteiger partial charge in [-0.15, -0.1) is 0 Å². The minimum absolute atomic E-state index is 0. The number of quaternary nitrogens is 1. The summed E-state index contributed by atoms with van der Waals surface area (Å²) >= 11 is 0. The van der Waals surface area contributed by atoms with Crippen LogP contribution in [-0.4, -0.2) is 22.4 Å². The molecule has 5 heterocycles. The molecule has 0 amide bonds. The molecular formula is C20H20FeN5+3. The van der Waals surface area contributed by atoms with Crippen molar-refractivity contribution in [3.8, 4) is 0 Å². The van der Waals surface area contributed by atoms with Gasteiger partial charge in [0, 0.05) is 16.4 Å². The maximum Gasteiger partial charge on any atom is 2.00 e. The van der Waals surface area contributed by atoms with Crippen molar-refractivity contribution < 1.29 is 17.1 Å². The van der Waals surface area contributed by atoms with E-state index >= 15 is 0 Å². The fraction of sp³-hybridized carbons (Fsp3) is 0.100. The van der Waals surface area contributed by atoms with Gasteiger partial charge in [-0.1, -0.05) is 6.08 Å². The van der Waals surface area contributed by atoms with Gasteiger partial charge in [0.1, 0.15) is 0 Å². The number of aromatic nitrogens is 1. The average molecular weight is 386 g/mol. The van der Waals surface area contributed by atoms with Gasteiger partial charge in [0.05, 0.1) is 28.9 Å². The first-order chi connectivity index (χ1) is 11.8. The van der Waals surface area contributed by atoms with E-state index in [4.69, 9.17) is 0 Å². The number of H-pyrrole nitrogens is 1. The zero-order valence-electron chi connectivity index (χ0n) is 14.4. The van der Waals surface area contributed by atoms with Crippen LogP contribution in [0.3, 0.4) is 0 Å². The second-order valence-corrected chi connectivity index (χ2v) is 6.20. The minimum Gasteiger partial charge on any atom is -0.379 e. The van der Waals surface area contributed by atoms with Crippen molar-refractivity contribution in [2.45, 2.75) is 12.5 Å². The van der Waals surface area contributed by atoms with Gasteiger partial charge in [-0.2, -0.15) is 0 Å². The van der Waals surface area contributed by atoms with Gasteiger partial charge in [0.25, 0.3) is 0 Å². The summed E-state index contributed by atoms with van der Waals surface area (Å²) in [5, 5.41) is 5.59. The molecule has 1 aromatic rings. The fourth-order valence-electron chi connectivity index (χ4n) is 3.20. The third-order valence-corrected chi connectivity index (χ3v) is 4.32. The van der Waals surface area contributed by atoms with Crippen LogP contribution < -0.4 is 22.2 Å². The smallest absolute Gasteiger partial charge is 0.379 e. The molecule has 26 heavy (non-hydrogen) atoms. The molecule has 0 radical (unpaired) electrons. The molecule has 1 atom stereocenters. The number of allylic oxidation sites excluding steroid dienone is 5. The van der Waals surface area contributed by atoms with Crippen LogP contribution in [0.4, 0.5) is 0 Å². The standard InChI is InChI=1S/C20H16N4.Fe.H3N/c1-2-14-10-16-5-6-18(23-16)12-20-8-7-19(24-20)11-17-4-3-15(22-17)9-13(1)21-14;;/h1-7,9-12,20-21,24H,8H2;;1H3/q;+2;/p+1. The van der Waals surface area contributed by atoms with E-state index < -0.39 is 0 Å². The van der Waals surface area contributed by atoms with Crippen molar-refractivity contribution in [1.29, 1.82) is 0 Å². The summed E-state index contributed by atoms with van der Waals surface area (Å²) in [6.07, 6.45) is 19.8. The van der Waals surface area contributed by atoms with E-state index in [0.717, 1.165) is 45.6 Å². The van der Waals surface area contributed by atoms with Crippen LogP contribution in [0.15, 0.2) is 81.7 Å². The second-order valence-electron chi connectivity index (χ2n) is 6.20. The molecule has 8 bridgehead atoms. The maximum absolute atomic E-state index is 4.68. The van der Waals surface area contributed by atoms with Crippen LogP contribution in [0.1, 0.15) is 6.42 Å². The first-order valence-electron chi connectivity index (χ1n) is 8.12. The van der Waals surface area contributed by atoms with Crippen molar-refractivity contribution in [1.82, 2.24) is 16.5 Å². The quantitative estimate of drug-likeness (QED) is 0.585. The van der Waals surface area contributed by atoms with E-state index in [1.807, 2.05) is 18.2 Å². The van der Waals surface area contributed by atoms with E-state index in [9.17, 15) is 0 Å². The van der Waals surface area contributed by atoms with Gasteiger partial charge >= 0.3 is 17.1 Å². The van der Waals surface area contributed by atoms with Crippen LogP contribution in [0.2, 0.25) is 0 Å². The summed E-state index contributed by atoms with van der Waals surface area (Å²) in [6, 6.07) is 4.40. The summed E-state index contributed by atoms with van der Waals surface area (Å²) in [6.45, 7) is 0. The monoisotopic (exact) mass is 386 g/mol. The molecule has 0 fully saturated rings. The molecule has 6 heteroatoms. The normalized spacial score (nSPS) is 21.7. The molecule has 5 rings (SSSR count). The number of aliphatic imine (C=N–C) groups is 2. The first kappa shape index (κ1) is 18.1.